The van der Waals surface area contributed by atoms with Crippen molar-refractivity contribution in [1.29, 1.82) is 0 Å². The Kier molecular flexibility index (Phi) is 5.44. The topological polar surface area (TPSA) is 41.6 Å². The molecule has 25 heavy (non-hydrogen) atoms. The summed E-state index contributed by atoms with van der Waals surface area (Å²) in [5.74, 6) is -0.636. The third-order valence-corrected chi connectivity index (χ3v) is 5.87. The Morgan fingerprint density at radius 1 is 1.32 bits per heavy atom. The van der Waals surface area contributed by atoms with Gasteiger partial charge in [0.2, 0.25) is 0 Å². The highest BCUT2D eigenvalue weighted by atomic mass is 19.1. The Hall–Kier alpha value is -1.46. The highest BCUT2D eigenvalue weighted by molar-refractivity contribution is 5.94. The van der Waals surface area contributed by atoms with E-state index >= 15 is 0 Å². The fourth-order valence-corrected chi connectivity index (χ4v) is 3.99. The van der Waals surface area contributed by atoms with E-state index in [2.05, 4.69) is 19.2 Å². The van der Waals surface area contributed by atoms with Gasteiger partial charge in [0.05, 0.1) is 11.7 Å². The summed E-state index contributed by atoms with van der Waals surface area (Å²) in [6, 6.07) is 7.09. The zero-order valence-corrected chi connectivity index (χ0v) is 15.4. The van der Waals surface area contributed by atoms with Gasteiger partial charge in [-0.1, -0.05) is 26.0 Å². The number of hydrogen-bond acceptors (Lipinski definition) is 3. The molecule has 138 valence electrons. The summed E-state index contributed by atoms with van der Waals surface area (Å²) in [5.41, 5.74) is 0.324. The van der Waals surface area contributed by atoms with Crippen molar-refractivity contribution in [2.24, 2.45) is 5.41 Å². The predicted molar refractivity (Wildman–Crippen MR) is 96.1 cm³/mol. The molecular weight excluding hydrogens is 319 g/mol. The van der Waals surface area contributed by atoms with Gasteiger partial charge in [0, 0.05) is 37.2 Å². The molecule has 2 fully saturated rings. The van der Waals surface area contributed by atoms with E-state index in [0.717, 1.165) is 25.9 Å². The average molecular weight is 348 g/mol. The number of hydrogen-bond donors (Lipinski definition) is 1. The maximum atomic E-state index is 13.8. The molecule has 5 heteroatoms. The Labute approximate surface area is 149 Å². The van der Waals surface area contributed by atoms with Gasteiger partial charge in [-0.05, 0) is 38.3 Å². The van der Waals surface area contributed by atoms with Gasteiger partial charge in [-0.3, -0.25) is 4.79 Å². The maximum absolute atomic E-state index is 13.8. The lowest BCUT2D eigenvalue weighted by Crippen LogP contribution is -2.63. The van der Waals surface area contributed by atoms with Crippen LogP contribution < -0.4 is 5.32 Å². The molecule has 2 atom stereocenters. The first-order valence-electron chi connectivity index (χ1n) is 9.35. The van der Waals surface area contributed by atoms with Crippen LogP contribution in [0.25, 0.3) is 0 Å². The molecule has 1 aromatic carbocycles. The summed E-state index contributed by atoms with van der Waals surface area (Å²) in [7, 11) is 0. The van der Waals surface area contributed by atoms with Gasteiger partial charge in [0.25, 0.3) is 5.91 Å². The minimum atomic E-state index is -0.439. The highest BCUT2D eigenvalue weighted by Gasteiger charge is 2.49. The van der Waals surface area contributed by atoms with E-state index in [1.807, 2.05) is 6.92 Å². The number of halogens is 1. The number of rotatable bonds is 5. The smallest absolute Gasteiger partial charge is 0.256 e. The number of carbonyl (C=O) groups is 1. The number of nitrogens with zero attached hydrogens (tertiary/aromatic N) is 1. The van der Waals surface area contributed by atoms with Crippen molar-refractivity contribution in [3.8, 4) is 0 Å². The van der Waals surface area contributed by atoms with E-state index in [0.29, 0.717) is 31.3 Å². The van der Waals surface area contributed by atoms with Crippen LogP contribution in [0.5, 0.6) is 0 Å². The number of nitrogens with one attached hydrogen (secondary N) is 1. The summed E-state index contributed by atoms with van der Waals surface area (Å²) in [6.45, 7) is 8.66. The number of amides is 1. The summed E-state index contributed by atoms with van der Waals surface area (Å²) >= 11 is 0. The molecule has 1 saturated heterocycles. The Morgan fingerprint density at radius 2 is 2.00 bits per heavy atom. The Morgan fingerprint density at radius 3 is 2.60 bits per heavy atom. The van der Waals surface area contributed by atoms with Crippen molar-refractivity contribution in [3.63, 3.8) is 0 Å². The van der Waals surface area contributed by atoms with Gasteiger partial charge in [-0.25, -0.2) is 4.39 Å². The van der Waals surface area contributed by atoms with Crippen LogP contribution in [0.4, 0.5) is 4.39 Å². The van der Waals surface area contributed by atoms with Crippen LogP contribution in [-0.2, 0) is 4.74 Å². The molecule has 4 nitrogen and oxygen atoms in total. The Balaban J connectivity index is 1.50. The molecule has 1 aromatic rings. The second-order valence-corrected chi connectivity index (χ2v) is 7.77. The number of piperidine rings is 1. The van der Waals surface area contributed by atoms with Crippen LogP contribution >= 0.6 is 0 Å². The Bertz CT molecular complexity index is 611. The van der Waals surface area contributed by atoms with Crippen molar-refractivity contribution in [2.45, 2.75) is 58.2 Å². The molecule has 1 saturated carbocycles. The highest BCUT2D eigenvalue weighted by Crippen LogP contribution is 2.43. The van der Waals surface area contributed by atoms with Crippen LogP contribution in [0.3, 0.4) is 0 Å². The van der Waals surface area contributed by atoms with Gasteiger partial charge < -0.3 is 15.0 Å². The standard InChI is InChI=1S/C20H29FN2O2/c1-4-25-18-13-17(20(18,2)3)22-14-9-11-23(12-10-14)19(24)15-7-5-6-8-16(15)21/h5-8,14,17-18,22H,4,9-13H2,1-3H3. The van der Waals surface area contributed by atoms with Crippen molar-refractivity contribution < 1.29 is 13.9 Å². The average Bonchev–Trinajstić information content (AvgIpc) is 2.61. The summed E-state index contributed by atoms with van der Waals surface area (Å²) in [6.07, 6.45) is 3.20. The second kappa shape index (κ2) is 7.42. The molecule has 1 amide bonds. The molecule has 0 bridgehead atoms. The molecule has 2 unspecified atom stereocenters. The van der Waals surface area contributed by atoms with Crippen LogP contribution in [0.2, 0.25) is 0 Å². The lowest BCUT2D eigenvalue weighted by Gasteiger charge is -2.53. The maximum Gasteiger partial charge on any atom is 0.256 e. The summed E-state index contributed by atoms with van der Waals surface area (Å²) < 4.78 is 19.6. The predicted octanol–water partition coefficient (Wildman–Crippen LogP) is 3.22. The molecule has 0 radical (unpaired) electrons. The van der Waals surface area contributed by atoms with Crippen LogP contribution in [0.1, 0.15) is 50.4 Å². The molecule has 2 aliphatic rings. The van der Waals surface area contributed by atoms with Gasteiger partial charge in [-0.15, -0.1) is 0 Å². The lowest BCUT2D eigenvalue weighted by molar-refractivity contribution is -0.117. The molecule has 0 spiro atoms. The van der Waals surface area contributed by atoms with E-state index in [-0.39, 0.29) is 16.9 Å². The largest absolute Gasteiger partial charge is 0.378 e. The third-order valence-electron chi connectivity index (χ3n) is 5.87. The van der Waals surface area contributed by atoms with Crippen LogP contribution in [0, 0.1) is 11.2 Å². The second-order valence-electron chi connectivity index (χ2n) is 7.77. The zero-order chi connectivity index (χ0) is 18.0. The van der Waals surface area contributed by atoms with Gasteiger partial charge in [0.15, 0.2) is 0 Å². The SMILES string of the molecule is CCOC1CC(NC2CCN(C(=O)c3ccccc3F)CC2)C1(C)C. The fourth-order valence-electron chi connectivity index (χ4n) is 3.99. The molecule has 1 heterocycles. The number of benzene rings is 1. The van der Waals surface area contributed by atoms with Gasteiger partial charge in [0.1, 0.15) is 5.82 Å². The van der Waals surface area contributed by atoms with E-state index < -0.39 is 5.82 Å². The van der Waals surface area contributed by atoms with Gasteiger partial charge in [-0.2, -0.15) is 0 Å². The van der Waals surface area contributed by atoms with E-state index in [1.165, 1.54) is 6.07 Å². The molecule has 1 N–H and O–H groups in total. The first-order chi connectivity index (χ1) is 11.9. The van der Waals surface area contributed by atoms with E-state index in [1.54, 1.807) is 23.1 Å². The van der Waals surface area contributed by atoms with Gasteiger partial charge >= 0.3 is 0 Å². The van der Waals surface area contributed by atoms with Crippen LogP contribution in [-0.4, -0.2) is 48.7 Å². The number of ether oxygens (including phenoxy) is 1. The van der Waals surface area contributed by atoms with Crippen LogP contribution in [0.15, 0.2) is 24.3 Å². The van der Waals surface area contributed by atoms with Crippen molar-refractivity contribution >= 4 is 5.91 Å². The third kappa shape index (κ3) is 3.72. The monoisotopic (exact) mass is 348 g/mol. The van der Waals surface area contributed by atoms with Crippen molar-refractivity contribution in [3.05, 3.63) is 35.6 Å². The number of carbonyl (C=O) groups excluding carboxylic acids is 1. The zero-order valence-electron chi connectivity index (χ0n) is 15.4. The van der Waals surface area contributed by atoms with Crippen molar-refractivity contribution in [1.82, 2.24) is 10.2 Å². The minimum absolute atomic E-state index is 0.149. The molecule has 1 aliphatic carbocycles. The molecule has 0 aromatic heterocycles. The molecular formula is C20H29FN2O2. The first kappa shape index (κ1) is 18.3. The van der Waals surface area contributed by atoms with Crippen molar-refractivity contribution in [2.75, 3.05) is 19.7 Å². The normalized spacial score (nSPS) is 26.3. The quantitative estimate of drug-likeness (QED) is 0.888. The van der Waals surface area contributed by atoms with E-state index in [9.17, 15) is 9.18 Å². The van der Waals surface area contributed by atoms with E-state index in [4.69, 9.17) is 4.74 Å². The first-order valence-corrected chi connectivity index (χ1v) is 9.35. The fraction of sp³-hybridized carbons (Fsp3) is 0.650. The summed E-state index contributed by atoms with van der Waals surface area (Å²) in [4.78, 5) is 14.3. The summed E-state index contributed by atoms with van der Waals surface area (Å²) in [5, 5.41) is 3.75. The molecule has 1 aliphatic heterocycles. The lowest BCUT2D eigenvalue weighted by atomic mass is 9.64. The number of likely N-dealkylation sites (tertiary alicyclic amines) is 1. The molecule has 3 rings (SSSR count). The minimum Gasteiger partial charge on any atom is -0.378 e.